The number of carbonyl (C=O) groups excluding carboxylic acids is 1. The molecule has 0 aliphatic carbocycles. The average Bonchev–Trinajstić information content (AvgIpc) is 3.01. The summed E-state index contributed by atoms with van der Waals surface area (Å²) in [6, 6.07) is 7.38. The molecule has 2 bridgehead atoms. The van der Waals surface area contributed by atoms with Crippen molar-refractivity contribution in [3.8, 4) is 0 Å². The summed E-state index contributed by atoms with van der Waals surface area (Å²) in [5.41, 5.74) is 1.76. The SMILES string of the molecule is Cc1ccc(NC(=O)[C@@H]2[C@@H](C(=O)O)[C@H]3C=C[C@H]2O3)cc1. The van der Waals surface area contributed by atoms with Crippen LogP contribution in [0, 0.1) is 18.8 Å². The summed E-state index contributed by atoms with van der Waals surface area (Å²) < 4.78 is 5.48. The second-order valence-corrected chi connectivity index (χ2v) is 5.20. The Labute approximate surface area is 116 Å². The first-order chi connectivity index (χ1) is 9.56. The van der Waals surface area contributed by atoms with E-state index in [1.807, 2.05) is 19.1 Å². The van der Waals surface area contributed by atoms with Gasteiger partial charge in [0.15, 0.2) is 0 Å². The van der Waals surface area contributed by atoms with E-state index >= 15 is 0 Å². The van der Waals surface area contributed by atoms with E-state index in [0.29, 0.717) is 5.69 Å². The van der Waals surface area contributed by atoms with Crippen LogP contribution in [0.15, 0.2) is 36.4 Å². The van der Waals surface area contributed by atoms with Gasteiger partial charge in [-0.05, 0) is 19.1 Å². The number of nitrogens with one attached hydrogen (secondary N) is 1. The van der Waals surface area contributed by atoms with Gasteiger partial charge in [-0.3, -0.25) is 9.59 Å². The zero-order valence-corrected chi connectivity index (χ0v) is 10.9. The molecule has 104 valence electrons. The lowest BCUT2D eigenvalue weighted by Gasteiger charge is -2.21. The Morgan fingerprint density at radius 3 is 2.30 bits per heavy atom. The number of hydrogen-bond donors (Lipinski definition) is 2. The first-order valence-corrected chi connectivity index (χ1v) is 6.50. The Morgan fingerprint density at radius 1 is 1.10 bits per heavy atom. The molecular weight excluding hydrogens is 258 g/mol. The lowest BCUT2D eigenvalue weighted by molar-refractivity contribution is -0.145. The molecule has 2 aliphatic heterocycles. The van der Waals surface area contributed by atoms with Crippen molar-refractivity contribution in [1.82, 2.24) is 0 Å². The number of carboxylic acids is 1. The number of aryl methyl sites for hydroxylation is 1. The van der Waals surface area contributed by atoms with Crippen LogP contribution in [0.4, 0.5) is 5.69 Å². The van der Waals surface area contributed by atoms with Gasteiger partial charge in [0, 0.05) is 5.69 Å². The van der Waals surface area contributed by atoms with Gasteiger partial charge in [-0.15, -0.1) is 0 Å². The molecule has 5 nitrogen and oxygen atoms in total. The molecule has 1 fully saturated rings. The van der Waals surface area contributed by atoms with Gasteiger partial charge in [0.1, 0.15) is 5.92 Å². The van der Waals surface area contributed by atoms with Gasteiger partial charge in [0.2, 0.25) is 5.91 Å². The molecule has 0 unspecified atom stereocenters. The van der Waals surface area contributed by atoms with E-state index in [2.05, 4.69) is 5.32 Å². The van der Waals surface area contributed by atoms with Crippen molar-refractivity contribution in [3.05, 3.63) is 42.0 Å². The summed E-state index contributed by atoms with van der Waals surface area (Å²) in [5, 5.41) is 12.0. The minimum atomic E-state index is -0.995. The third kappa shape index (κ3) is 2.10. The maximum Gasteiger partial charge on any atom is 0.310 e. The second-order valence-electron chi connectivity index (χ2n) is 5.20. The summed E-state index contributed by atoms with van der Waals surface area (Å²) in [7, 11) is 0. The minimum absolute atomic E-state index is 0.307. The highest BCUT2D eigenvalue weighted by Crippen LogP contribution is 2.39. The first kappa shape index (κ1) is 12.9. The normalized spacial score (nSPS) is 30.4. The Bertz CT molecular complexity index is 578. The lowest BCUT2D eigenvalue weighted by Crippen LogP contribution is -2.39. The number of hydrogen-bond acceptors (Lipinski definition) is 3. The van der Waals surface area contributed by atoms with Crippen LogP contribution < -0.4 is 5.32 Å². The summed E-state index contributed by atoms with van der Waals surface area (Å²) in [6.45, 7) is 1.96. The Morgan fingerprint density at radius 2 is 1.70 bits per heavy atom. The molecule has 20 heavy (non-hydrogen) atoms. The van der Waals surface area contributed by atoms with E-state index < -0.39 is 30.0 Å². The van der Waals surface area contributed by atoms with Crippen LogP contribution >= 0.6 is 0 Å². The van der Waals surface area contributed by atoms with Gasteiger partial charge in [-0.2, -0.15) is 0 Å². The van der Waals surface area contributed by atoms with E-state index in [1.54, 1.807) is 24.3 Å². The molecule has 3 rings (SSSR count). The third-order valence-electron chi connectivity index (χ3n) is 3.81. The molecule has 5 heteroatoms. The fourth-order valence-electron chi connectivity index (χ4n) is 2.78. The molecule has 0 aromatic heterocycles. The number of benzene rings is 1. The molecule has 0 radical (unpaired) electrons. The average molecular weight is 273 g/mol. The van der Waals surface area contributed by atoms with Crippen LogP contribution in [-0.2, 0) is 14.3 Å². The molecule has 2 N–H and O–H groups in total. The molecular formula is C15H15NO4. The highest BCUT2D eigenvalue weighted by molar-refractivity contribution is 5.96. The number of aliphatic carboxylic acids is 1. The van der Waals surface area contributed by atoms with Gasteiger partial charge >= 0.3 is 5.97 Å². The van der Waals surface area contributed by atoms with Gasteiger partial charge < -0.3 is 15.2 Å². The van der Waals surface area contributed by atoms with Gasteiger partial charge in [0.25, 0.3) is 0 Å². The molecule has 2 heterocycles. The summed E-state index contributed by atoms with van der Waals surface area (Å²) in [5.74, 6) is -2.79. The van der Waals surface area contributed by atoms with Crippen molar-refractivity contribution in [2.45, 2.75) is 19.1 Å². The number of ether oxygens (including phenoxy) is 1. The van der Waals surface area contributed by atoms with Crippen LogP contribution in [0.2, 0.25) is 0 Å². The predicted molar refractivity (Wildman–Crippen MR) is 72.2 cm³/mol. The van der Waals surface area contributed by atoms with E-state index in [-0.39, 0.29) is 5.91 Å². The largest absolute Gasteiger partial charge is 0.481 e. The monoisotopic (exact) mass is 273 g/mol. The molecule has 4 atom stereocenters. The topological polar surface area (TPSA) is 75.6 Å². The number of fused-ring (bicyclic) bond motifs is 2. The molecule has 0 saturated carbocycles. The van der Waals surface area contributed by atoms with Gasteiger partial charge in [0.05, 0.1) is 18.1 Å². The fourth-order valence-corrected chi connectivity index (χ4v) is 2.78. The van der Waals surface area contributed by atoms with Crippen molar-refractivity contribution in [2.75, 3.05) is 5.32 Å². The zero-order valence-electron chi connectivity index (χ0n) is 10.9. The summed E-state index contributed by atoms with van der Waals surface area (Å²) >= 11 is 0. The maximum absolute atomic E-state index is 12.3. The zero-order chi connectivity index (χ0) is 14.3. The van der Waals surface area contributed by atoms with E-state index in [1.165, 1.54) is 0 Å². The van der Waals surface area contributed by atoms with Gasteiger partial charge in [-0.25, -0.2) is 0 Å². The Balaban J connectivity index is 1.78. The summed E-state index contributed by atoms with van der Waals surface area (Å²) in [4.78, 5) is 23.6. The van der Waals surface area contributed by atoms with E-state index in [4.69, 9.17) is 4.74 Å². The Hall–Kier alpha value is -2.14. The number of carboxylic acid groups (broad SMARTS) is 1. The van der Waals surface area contributed by atoms with Crippen LogP contribution in [-0.4, -0.2) is 29.2 Å². The van der Waals surface area contributed by atoms with Crippen LogP contribution in [0.5, 0.6) is 0 Å². The van der Waals surface area contributed by atoms with Crippen molar-refractivity contribution in [1.29, 1.82) is 0 Å². The van der Waals surface area contributed by atoms with E-state index in [0.717, 1.165) is 5.56 Å². The van der Waals surface area contributed by atoms with E-state index in [9.17, 15) is 14.7 Å². The highest BCUT2D eigenvalue weighted by Gasteiger charge is 2.53. The lowest BCUT2D eigenvalue weighted by atomic mass is 9.82. The van der Waals surface area contributed by atoms with Crippen molar-refractivity contribution in [3.63, 3.8) is 0 Å². The molecule has 0 spiro atoms. The molecule has 1 aromatic carbocycles. The molecule has 2 aliphatic rings. The number of amides is 1. The smallest absolute Gasteiger partial charge is 0.310 e. The third-order valence-corrected chi connectivity index (χ3v) is 3.81. The highest BCUT2D eigenvalue weighted by atomic mass is 16.5. The maximum atomic E-state index is 12.3. The van der Waals surface area contributed by atoms with Gasteiger partial charge in [-0.1, -0.05) is 29.8 Å². The molecule has 1 saturated heterocycles. The molecule has 1 amide bonds. The second kappa shape index (κ2) is 4.76. The first-order valence-electron chi connectivity index (χ1n) is 6.50. The molecule has 1 aromatic rings. The number of carbonyl (C=O) groups is 2. The Kier molecular flexibility index (Phi) is 3.06. The standard InChI is InChI=1S/C15H15NO4/c1-8-2-4-9(5-3-8)16-14(17)12-10-6-7-11(20-10)13(12)15(18)19/h2-7,10-13H,1H3,(H,16,17)(H,18,19)/t10-,11-,12+,13+/m1/s1. The van der Waals surface area contributed by atoms with Crippen LogP contribution in [0.25, 0.3) is 0 Å². The number of anilines is 1. The van der Waals surface area contributed by atoms with Crippen LogP contribution in [0.3, 0.4) is 0 Å². The number of rotatable bonds is 3. The van der Waals surface area contributed by atoms with Crippen molar-refractivity contribution in [2.24, 2.45) is 11.8 Å². The van der Waals surface area contributed by atoms with Crippen molar-refractivity contribution >= 4 is 17.6 Å². The van der Waals surface area contributed by atoms with Crippen LogP contribution in [0.1, 0.15) is 5.56 Å². The van der Waals surface area contributed by atoms with Crippen molar-refractivity contribution < 1.29 is 19.4 Å². The summed E-state index contributed by atoms with van der Waals surface area (Å²) in [6.07, 6.45) is 2.56. The predicted octanol–water partition coefficient (Wildman–Crippen LogP) is 1.59. The quantitative estimate of drug-likeness (QED) is 0.820. The fraction of sp³-hybridized carbons (Fsp3) is 0.333. The minimum Gasteiger partial charge on any atom is -0.481 e.